The molecule has 1 fully saturated rings. The lowest BCUT2D eigenvalue weighted by molar-refractivity contribution is -0.136. The predicted molar refractivity (Wildman–Crippen MR) is 97.1 cm³/mol. The Morgan fingerprint density at radius 1 is 1.31 bits per heavy atom. The van der Waals surface area contributed by atoms with Gasteiger partial charge in [-0.3, -0.25) is 24.6 Å². The average Bonchev–Trinajstić information content (AvgIpc) is 2.92. The summed E-state index contributed by atoms with van der Waals surface area (Å²) >= 11 is 0. The molecule has 2 aliphatic heterocycles. The molecule has 26 heavy (non-hydrogen) atoms. The molecule has 0 aromatic heterocycles. The quantitative estimate of drug-likeness (QED) is 0.727. The van der Waals surface area contributed by atoms with Crippen LogP contribution in [0, 0.1) is 0 Å². The molecule has 3 N–H and O–H groups in total. The van der Waals surface area contributed by atoms with Gasteiger partial charge in [0.2, 0.25) is 11.8 Å². The van der Waals surface area contributed by atoms with Crippen LogP contribution >= 0.6 is 0 Å². The van der Waals surface area contributed by atoms with Crippen molar-refractivity contribution in [2.75, 3.05) is 13.1 Å². The molecule has 140 valence electrons. The van der Waals surface area contributed by atoms with Crippen LogP contribution in [0.15, 0.2) is 18.2 Å². The number of hydrogen-bond acceptors (Lipinski definition) is 5. The summed E-state index contributed by atoms with van der Waals surface area (Å²) in [5, 5.41) is 2.34. The van der Waals surface area contributed by atoms with Crippen molar-refractivity contribution in [1.29, 1.82) is 0 Å². The van der Waals surface area contributed by atoms with E-state index in [2.05, 4.69) is 24.1 Å². The summed E-state index contributed by atoms with van der Waals surface area (Å²) < 4.78 is 0. The van der Waals surface area contributed by atoms with E-state index in [0.29, 0.717) is 37.7 Å². The summed E-state index contributed by atoms with van der Waals surface area (Å²) in [6, 6.07) is 5.51. The number of piperidine rings is 1. The molecule has 2 aliphatic rings. The second kappa shape index (κ2) is 7.55. The molecule has 0 radical (unpaired) electrons. The van der Waals surface area contributed by atoms with Gasteiger partial charge in [0.15, 0.2) is 0 Å². The molecule has 3 rings (SSSR count). The van der Waals surface area contributed by atoms with E-state index in [-0.39, 0.29) is 24.1 Å². The number of carbonyl (C=O) groups excluding carboxylic acids is 3. The van der Waals surface area contributed by atoms with Gasteiger partial charge in [0, 0.05) is 44.2 Å². The number of carbonyl (C=O) groups is 3. The Morgan fingerprint density at radius 3 is 2.73 bits per heavy atom. The summed E-state index contributed by atoms with van der Waals surface area (Å²) in [6.07, 6.45) is 0.645. The molecule has 7 nitrogen and oxygen atoms in total. The normalized spacial score (nSPS) is 20.1. The highest BCUT2D eigenvalue weighted by molar-refractivity contribution is 6.05. The third-order valence-electron chi connectivity index (χ3n) is 5.20. The van der Waals surface area contributed by atoms with Crippen LogP contribution < -0.4 is 11.1 Å². The van der Waals surface area contributed by atoms with Crippen molar-refractivity contribution in [2.24, 2.45) is 5.73 Å². The number of benzene rings is 1. The average molecular weight is 358 g/mol. The zero-order valence-corrected chi connectivity index (χ0v) is 15.3. The van der Waals surface area contributed by atoms with Gasteiger partial charge in [0.05, 0.1) is 0 Å². The van der Waals surface area contributed by atoms with E-state index < -0.39 is 6.04 Å². The molecule has 1 saturated heterocycles. The standard InChI is InChI=1S/C19H26N4O3/c1-12(2)22(9-8-20)10-13-4-3-5-14-15(13)11-23(19(14)26)16-6-7-17(24)21-18(16)25/h3-5,12,16H,6-11,20H2,1-2H3,(H,21,24,25). The van der Waals surface area contributed by atoms with Crippen molar-refractivity contribution in [3.63, 3.8) is 0 Å². The zero-order chi connectivity index (χ0) is 18.8. The van der Waals surface area contributed by atoms with Crippen LogP contribution in [0.1, 0.15) is 48.2 Å². The van der Waals surface area contributed by atoms with Gasteiger partial charge in [-0.2, -0.15) is 0 Å². The van der Waals surface area contributed by atoms with Crippen molar-refractivity contribution < 1.29 is 14.4 Å². The Morgan fingerprint density at radius 2 is 2.08 bits per heavy atom. The molecule has 0 saturated carbocycles. The first kappa shape index (κ1) is 18.5. The first-order chi connectivity index (χ1) is 12.4. The van der Waals surface area contributed by atoms with Crippen LogP contribution in [0.4, 0.5) is 0 Å². The topological polar surface area (TPSA) is 95.7 Å². The Balaban J connectivity index is 1.83. The number of amides is 3. The summed E-state index contributed by atoms with van der Waals surface area (Å²) in [6.45, 7) is 6.74. The van der Waals surface area contributed by atoms with Gasteiger partial charge in [0.1, 0.15) is 6.04 Å². The van der Waals surface area contributed by atoms with E-state index >= 15 is 0 Å². The van der Waals surface area contributed by atoms with Crippen LogP contribution in [0.2, 0.25) is 0 Å². The molecule has 1 unspecified atom stereocenters. The maximum atomic E-state index is 12.8. The van der Waals surface area contributed by atoms with Gasteiger partial charge >= 0.3 is 0 Å². The number of nitrogens with zero attached hydrogens (tertiary/aromatic N) is 2. The minimum atomic E-state index is -0.578. The lowest BCUT2D eigenvalue weighted by Crippen LogP contribution is -2.52. The Hall–Kier alpha value is -2.25. The highest BCUT2D eigenvalue weighted by Gasteiger charge is 2.39. The van der Waals surface area contributed by atoms with Gasteiger partial charge in [0.25, 0.3) is 5.91 Å². The van der Waals surface area contributed by atoms with Crippen molar-refractivity contribution in [3.8, 4) is 0 Å². The third-order valence-corrected chi connectivity index (χ3v) is 5.20. The minimum Gasteiger partial charge on any atom is -0.329 e. The molecular formula is C19H26N4O3. The monoisotopic (exact) mass is 358 g/mol. The summed E-state index contributed by atoms with van der Waals surface area (Å²) in [5.41, 5.74) is 8.45. The summed E-state index contributed by atoms with van der Waals surface area (Å²) in [4.78, 5) is 40.3. The van der Waals surface area contributed by atoms with E-state index in [9.17, 15) is 14.4 Å². The minimum absolute atomic E-state index is 0.133. The first-order valence-corrected chi connectivity index (χ1v) is 9.12. The molecule has 0 spiro atoms. The number of imide groups is 1. The summed E-state index contributed by atoms with van der Waals surface area (Å²) in [7, 11) is 0. The number of nitrogens with two attached hydrogens (primary N) is 1. The largest absolute Gasteiger partial charge is 0.329 e. The van der Waals surface area contributed by atoms with E-state index in [1.54, 1.807) is 4.90 Å². The first-order valence-electron chi connectivity index (χ1n) is 9.12. The fraction of sp³-hybridized carbons (Fsp3) is 0.526. The molecule has 0 bridgehead atoms. The third kappa shape index (κ3) is 3.50. The Kier molecular flexibility index (Phi) is 5.38. The number of fused-ring (bicyclic) bond motifs is 1. The molecule has 1 atom stereocenters. The number of nitrogens with one attached hydrogen (secondary N) is 1. The SMILES string of the molecule is CC(C)N(CCN)Cc1cccc2c1CN(C1CCC(=O)NC1=O)C2=O. The lowest BCUT2D eigenvalue weighted by Gasteiger charge is -2.29. The predicted octanol–water partition coefficient (Wildman–Crippen LogP) is 0.617. The highest BCUT2D eigenvalue weighted by atomic mass is 16.2. The van der Waals surface area contributed by atoms with Crippen LogP contribution in [0.5, 0.6) is 0 Å². The second-order valence-corrected chi connectivity index (χ2v) is 7.20. The van der Waals surface area contributed by atoms with Crippen LogP contribution in [-0.4, -0.2) is 52.7 Å². The maximum Gasteiger partial charge on any atom is 0.255 e. The van der Waals surface area contributed by atoms with Crippen LogP contribution in [0.25, 0.3) is 0 Å². The van der Waals surface area contributed by atoms with E-state index in [1.165, 1.54) is 0 Å². The molecule has 1 aromatic rings. The molecular weight excluding hydrogens is 332 g/mol. The molecule has 1 aromatic carbocycles. The second-order valence-electron chi connectivity index (χ2n) is 7.20. The van der Waals surface area contributed by atoms with Gasteiger partial charge in [-0.1, -0.05) is 12.1 Å². The van der Waals surface area contributed by atoms with Crippen LogP contribution in [-0.2, 0) is 22.7 Å². The fourth-order valence-corrected chi connectivity index (χ4v) is 3.70. The van der Waals surface area contributed by atoms with Gasteiger partial charge in [-0.25, -0.2) is 0 Å². The number of hydrogen-bond donors (Lipinski definition) is 2. The highest BCUT2D eigenvalue weighted by Crippen LogP contribution is 2.30. The smallest absolute Gasteiger partial charge is 0.255 e. The Labute approximate surface area is 153 Å². The maximum absolute atomic E-state index is 12.8. The van der Waals surface area contributed by atoms with Crippen LogP contribution in [0.3, 0.4) is 0 Å². The Bertz CT molecular complexity index is 731. The fourth-order valence-electron chi connectivity index (χ4n) is 3.70. The van der Waals surface area contributed by atoms with Gasteiger partial charge in [-0.15, -0.1) is 0 Å². The van der Waals surface area contributed by atoms with E-state index in [0.717, 1.165) is 17.7 Å². The molecule has 7 heteroatoms. The molecule has 2 heterocycles. The van der Waals surface area contributed by atoms with Crippen molar-refractivity contribution in [3.05, 3.63) is 34.9 Å². The van der Waals surface area contributed by atoms with Gasteiger partial charge < -0.3 is 10.6 Å². The van der Waals surface area contributed by atoms with E-state index in [4.69, 9.17) is 5.73 Å². The zero-order valence-electron chi connectivity index (χ0n) is 15.3. The van der Waals surface area contributed by atoms with Gasteiger partial charge in [-0.05, 0) is 37.5 Å². The molecule has 3 amide bonds. The summed E-state index contributed by atoms with van der Waals surface area (Å²) in [5.74, 6) is -0.785. The van der Waals surface area contributed by atoms with E-state index in [1.807, 2.05) is 18.2 Å². The molecule has 0 aliphatic carbocycles. The van der Waals surface area contributed by atoms with Crippen molar-refractivity contribution in [2.45, 2.75) is 51.9 Å². The van der Waals surface area contributed by atoms with Crippen molar-refractivity contribution in [1.82, 2.24) is 15.1 Å². The number of rotatable bonds is 6. The van der Waals surface area contributed by atoms with Crippen molar-refractivity contribution >= 4 is 17.7 Å². The lowest BCUT2D eigenvalue weighted by atomic mass is 10.0.